The van der Waals surface area contributed by atoms with Crippen LogP contribution in [0.25, 0.3) is 5.57 Å². The summed E-state index contributed by atoms with van der Waals surface area (Å²) in [7, 11) is 0. The normalized spacial score (nSPS) is 15.6. The lowest BCUT2D eigenvalue weighted by atomic mass is 10.1. The van der Waals surface area contributed by atoms with Crippen LogP contribution in [-0.2, 0) is 0 Å². The Morgan fingerprint density at radius 2 is 2.07 bits per heavy atom. The van der Waals surface area contributed by atoms with Gasteiger partial charge in [0.25, 0.3) is 5.56 Å². The van der Waals surface area contributed by atoms with Crippen LogP contribution < -0.4 is 11.2 Å². The second-order valence-corrected chi connectivity index (χ2v) is 3.60. The smallest absolute Gasteiger partial charge is 0.297 e. The second kappa shape index (κ2) is 3.46. The Morgan fingerprint density at radius 3 is 2.64 bits per heavy atom. The quantitative estimate of drug-likeness (QED) is 0.689. The molecule has 1 heterocycles. The van der Waals surface area contributed by atoms with Crippen molar-refractivity contribution >= 4 is 17.2 Å². The molecule has 74 valence electrons. The maximum absolute atomic E-state index is 11.4. The van der Waals surface area contributed by atoms with Crippen molar-refractivity contribution in [2.75, 3.05) is 0 Å². The van der Waals surface area contributed by atoms with Gasteiger partial charge in [-0.3, -0.25) is 14.8 Å². The van der Waals surface area contributed by atoms with E-state index in [0.717, 1.165) is 24.8 Å². The molecule has 0 aromatic carbocycles. The summed E-state index contributed by atoms with van der Waals surface area (Å²) in [5.41, 5.74) is 0.352. The highest BCUT2D eigenvalue weighted by molar-refractivity contribution is 6.31. The zero-order valence-electron chi connectivity index (χ0n) is 7.39. The zero-order valence-corrected chi connectivity index (χ0v) is 8.15. The predicted octanol–water partition coefficient (Wildman–Crippen LogP) is 1.28. The monoisotopic (exact) mass is 212 g/mol. The number of H-pyrrole nitrogens is 2. The number of rotatable bonds is 1. The molecule has 14 heavy (non-hydrogen) atoms. The van der Waals surface area contributed by atoms with Gasteiger partial charge in [0.15, 0.2) is 0 Å². The summed E-state index contributed by atoms with van der Waals surface area (Å²) < 4.78 is 0. The molecule has 0 amide bonds. The van der Waals surface area contributed by atoms with Crippen LogP contribution in [0.1, 0.15) is 24.8 Å². The highest BCUT2D eigenvalue weighted by Crippen LogP contribution is 2.27. The van der Waals surface area contributed by atoms with Gasteiger partial charge in [-0.1, -0.05) is 17.7 Å². The summed E-state index contributed by atoms with van der Waals surface area (Å²) in [6.45, 7) is 0. The van der Waals surface area contributed by atoms with Crippen molar-refractivity contribution in [1.29, 1.82) is 0 Å². The molecule has 1 aromatic heterocycles. The van der Waals surface area contributed by atoms with Gasteiger partial charge in [0.2, 0.25) is 0 Å². The standard InChI is InChI=1S/C9H9ClN2O2/c10-7-6(5-3-1-2-4-5)8(13)12-9(14)11-7/h3H,1-2,4H2,(H2,11,12,13,14). The van der Waals surface area contributed by atoms with E-state index in [0.29, 0.717) is 5.56 Å². The minimum Gasteiger partial charge on any atom is -0.297 e. The summed E-state index contributed by atoms with van der Waals surface area (Å²) in [4.78, 5) is 26.8. The molecule has 0 atom stereocenters. The lowest BCUT2D eigenvalue weighted by Crippen LogP contribution is -2.25. The Morgan fingerprint density at radius 1 is 1.29 bits per heavy atom. The van der Waals surface area contributed by atoms with Crippen LogP contribution in [0, 0.1) is 0 Å². The fourth-order valence-corrected chi connectivity index (χ4v) is 1.94. The van der Waals surface area contributed by atoms with Gasteiger partial charge >= 0.3 is 5.69 Å². The van der Waals surface area contributed by atoms with Crippen LogP contribution in [0.4, 0.5) is 0 Å². The molecule has 1 aromatic rings. The first-order valence-electron chi connectivity index (χ1n) is 4.40. The van der Waals surface area contributed by atoms with Gasteiger partial charge in [-0.2, -0.15) is 0 Å². The average Bonchev–Trinajstić information content (AvgIpc) is 2.54. The van der Waals surface area contributed by atoms with E-state index in [-0.39, 0.29) is 5.15 Å². The fourth-order valence-electron chi connectivity index (χ4n) is 1.64. The van der Waals surface area contributed by atoms with Gasteiger partial charge in [0.05, 0.1) is 5.56 Å². The lowest BCUT2D eigenvalue weighted by molar-refractivity contribution is 0.930. The van der Waals surface area contributed by atoms with Crippen LogP contribution in [0.5, 0.6) is 0 Å². The van der Waals surface area contributed by atoms with Crippen LogP contribution in [0.2, 0.25) is 5.15 Å². The van der Waals surface area contributed by atoms with Gasteiger partial charge in [-0.15, -0.1) is 0 Å². The van der Waals surface area contributed by atoms with Crippen molar-refractivity contribution in [3.8, 4) is 0 Å². The largest absolute Gasteiger partial charge is 0.326 e. The molecule has 1 aliphatic rings. The van der Waals surface area contributed by atoms with E-state index >= 15 is 0 Å². The Labute approximate surface area is 84.6 Å². The molecule has 0 radical (unpaired) electrons. The van der Waals surface area contributed by atoms with Gasteiger partial charge in [0.1, 0.15) is 5.15 Å². The molecule has 5 heteroatoms. The first-order chi connectivity index (χ1) is 6.68. The molecule has 0 unspecified atom stereocenters. The molecule has 1 aliphatic carbocycles. The number of halogens is 1. The van der Waals surface area contributed by atoms with Crippen molar-refractivity contribution in [1.82, 2.24) is 9.97 Å². The third-order valence-electron chi connectivity index (χ3n) is 2.26. The maximum atomic E-state index is 11.4. The van der Waals surface area contributed by atoms with Crippen molar-refractivity contribution in [3.63, 3.8) is 0 Å². The molecule has 0 spiro atoms. The van der Waals surface area contributed by atoms with Gasteiger partial charge < -0.3 is 0 Å². The Balaban J connectivity index is 2.63. The summed E-state index contributed by atoms with van der Waals surface area (Å²) >= 11 is 5.80. The average molecular weight is 213 g/mol. The SMILES string of the molecule is O=c1[nH]c(Cl)c(C2=CCCC2)c(=O)[nH]1. The van der Waals surface area contributed by atoms with Crippen LogP contribution in [0.3, 0.4) is 0 Å². The second-order valence-electron chi connectivity index (χ2n) is 3.22. The number of aromatic amines is 2. The third-order valence-corrected chi connectivity index (χ3v) is 2.54. The lowest BCUT2D eigenvalue weighted by Gasteiger charge is -2.02. The molecule has 2 rings (SSSR count). The van der Waals surface area contributed by atoms with Gasteiger partial charge in [0, 0.05) is 0 Å². The van der Waals surface area contributed by atoms with Crippen molar-refractivity contribution in [3.05, 3.63) is 37.6 Å². The minimum atomic E-state index is -0.567. The molecular formula is C9H9ClN2O2. The number of nitrogens with one attached hydrogen (secondary N) is 2. The summed E-state index contributed by atoms with van der Waals surface area (Å²) in [6.07, 6.45) is 4.82. The summed E-state index contributed by atoms with van der Waals surface area (Å²) in [6, 6.07) is 0. The first kappa shape index (κ1) is 9.27. The molecule has 0 aliphatic heterocycles. The topological polar surface area (TPSA) is 65.7 Å². The van der Waals surface area contributed by atoms with Crippen LogP contribution in [0.15, 0.2) is 15.7 Å². The number of aromatic nitrogens is 2. The Hall–Kier alpha value is -1.29. The van der Waals surface area contributed by atoms with Crippen LogP contribution >= 0.6 is 11.6 Å². The van der Waals surface area contributed by atoms with E-state index in [1.807, 2.05) is 6.08 Å². The number of allylic oxidation sites excluding steroid dienone is 2. The fraction of sp³-hybridized carbons (Fsp3) is 0.333. The van der Waals surface area contributed by atoms with E-state index < -0.39 is 11.2 Å². The molecule has 0 bridgehead atoms. The third kappa shape index (κ3) is 1.53. The molecular weight excluding hydrogens is 204 g/mol. The molecule has 2 N–H and O–H groups in total. The van der Waals surface area contributed by atoms with E-state index in [1.165, 1.54) is 0 Å². The highest BCUT2D eigenvalue weighted by Gasteiger charge is 2.15. The molecule has 0 saturated heterocycles. The maximum Gasteiger partial charge on any atom is 0.326 e. The predicted molar refractivity (Wildman–Crippen MR) is 54.5 cm³/mol. The zero-order chi connectivity index (χ0) is 10.1. The first-order valence-corrected chi connectivity index (χ1v) is 4.78. The van der Waals surface area contributed by atoms with E-state index in [9.17, 15) is 9.59 Å². The highest BCUT2D eigenvalue weighted by atomic mass is 35.5. The molecule has 0 fully saturated rings. The van der Waals surface area contributed by atoms with E-state index in [4.69, 9.17) is 11.6 Å². The van der Waals surface area contributed by atoms with Crippen LogP contribution in [-0.4, -0.2) is 9.97 Å². The number of hydrogen-bond acceptors (Lipinski definition) is 2. The van der Waals surface area contributed by atoms with Crippen molar-refractivity contribution in [2.24, 2.45) is 0 Å². The minimum absolute atomic E-state index is 0.131. The van der Waals surface area contributed by atoms with Crippen molar-refractivity contribution < 1.29 is 0 Å². The van der Waals surface area contributed by atoms with E-state index in [1.54, 1.807) is 0 Å². The Kier molecular flexibility index (Phi) is 2.29. The molecule has 0 saturated carbocycles. The van der Waals surface area contributed by atoms with Crippen molar-refractivity contribution in [2.45, 2.75) is 19.3 Å². The number of hydrogen-bond donors (Lipinski definition) is 2. The summed E-state index contributed by atoms with van der Waals surface area (Å²) in [5.74, 6) is 0. The molecule has 4 nitrogen and oxygen atoms in total. The van der Waals surface area contributed by atoms with Gasteiger partial charge in [-0.25, -0.2) is 4.79 Å². The van der Waals surface area contributed by atoms with Gasteiger partial charge in [-0.05, 0) is 24.8 Å². The Bertz CT molecular complexity index is 498. The van der Waals surface area contributed by atoms with E-state index in [2.05, 4.69) is 9.97 Å². The summed E-state index contributed by atoms with van der Waals surface area (Å²) in [5, 5.41) is 0.131.